The molecule has 4 heteroatoms. The van der Waals surface area contributed by atoms with E-state index < -0.39 is 22.8 Å². The highest BCUT2D eigenvalue weighted by Crippen LogP contribution is 2.43. The number of hydrogen-bond acceptors (Lipinski definition) is 2. The SMILES string of the molecule is O=C(O)C1(CCCCCCCCCCCCC2(C(=O)O)CCCC2)CCCC1. The minimum atomic E-state index is -0.563. The molecule has 2 saturated carbocycles. The summed E-state index contributed by atoms with van der Waals surface area (Å²) < 4.78 is 0. The minimum absolute atomic E-state index is 0.391. The van der Waals surface area contributed by atoms with Gasteiger partial charge in [-0.3, -0.25) is 9.59 Å². The van der Waals surface area contributed by atoms with E-state index in [2.05, 4.69) is 0 Å². The second kappa shape index (κ2) is 11.8. The van der Waals surface area contributed by atoms with Crippen molar-refractivity contribution in [3.63, 3.8) is 0 Å². The van der Waals surface area contributed by atoms with Crippen molar-refractivity contribution < 1.29 is 19.8 Å². The van der Waals surface area contributed by atoms with E-state index in [0.29, 0.717) is 0 Å². The Morgan fingerprint density at radius 2 is 0.750 bits per heavy atom. The Bertz CT molecular complexity index is 429. The molecule has 0 atom stereocenters. The van der Waals surface area contributed by atoms with E-state index in [1.807, 2.05) is 0 Å². The van der Waals surface area contributed by atoms with E-state index in [4.69, 9.17) is 0 Å². The Labute approximate surface area is 171 Å². The molecule has 0 radical (unpaired) electrons. The molecule has 162 valence electrons. The van der Waals surface area contributed by atoms with Crippen molar-refractivity contribution in [3.8, 4) is 0 Å². The van der Waals surface area contributed by atoms with Gasteiger partial charge in [0.05, 0.1) is 10.8 Å². The second-order valence-corrected chi connectivity index (χ2v) is 9.62. The lowest BCUT2D eigenvalue weighted by molar-refractivity contribution is -0.150. The zero-order valence-electron chi connectivity index (χ0n) is 17.9. The second-order valence-electron chi connectivity index (χ2n) is 9.62. The fourth-order valence-electron chi connectivity index (χ4n) is 5.59. The molecule has 0 amide bonds. The first-order valence-electron chi connectivity index (χ1n) is 12.0. The van der Waals surface area contributed by atoms with Crippen molar-refractivity contribution in [2.24, 2.45) is 10.8 Å². The van der Waals surface area contributed by atoms with Gasteiger partial charge in [-0.05, 0) is 38.5 Å². The summed E-state index contributed by atoms with van der Waals surface area (Å²) in [6.07, 6.45) is 21.7. The van der Waals surface area contributed by atoms with Gasteiger partial charge in [-0.15, -0.1) is 0 Å². The van der Waals surface area contributed by atoms with Gasteiger partial charge in [0.15, 0.2) is 0 Å². The van der Waals surface area contributed by atoms with Crippen LogP contribution < -0.4 is 0 Å². The first-order valence-corrected chi connectivity index (χ1v) is 12.0. The lowest BCUT2D eigenvalue weighted by Gasteiger charge is -2.23. The van der Waals surface area contributed by atoms with Gasteiger partial charge in [-0.1, -0.05) is 89.9 Å². The minimum Gasteiger partial charge on any atom is -0.481 e. The standard InChI is InChI=1S/C24H42O4/c25-21(26)23(17-11-12-18-23)15-9-7-5-3-1-2-4-6-8-10-16-24(22(27)28)19-13-14-20-24/h1-20H2,(H,25,26)(H,27,28). The monoisotopic (exact) mass is 394 g/mol. The van der Waals surface area contributed by atoms with Crippen LogP contribution >= 0.6 is 0 Å². The van der Waals surface area contributed by atoms with Crippen LogP contribution in [0, 0.1) is 10.8 Å². The van der Waals surface area contributed by atoms with Gasteiger partial charge in [-0.25, -0.2) is 0 Å². The summed E-state index contributed by atoms with van der Waals surface area (Å²) in [6, 6.07) is 0. The van der Waals surface area contributed by atoms with Crippen LogP contribution in [0.4, 0.5) is 0 Å². The average Bonchev–Trinajstić information content (AvgIpc) is 3.33. The molecule has 2 rings (SSSR count). The van der Waals surface area contributed by atoms with Crippen LogP contribution in [0.3, 0.4) is 0 Å². The zero-order chi connectivity index (χ0) is 20.3. The third kappa shape index (κ3) is 6.77. The highest BCUT2D eigenvalue weighted by Gasteiger charge is 2.41. The van der Waals surface area contributed by atoms with Crippen LogP contribution in [-0.4, -0.2) is 22.2 Å². The van der Waals surface area contributed by atoms with Crippen molar-refractivity contribution >= 4 is 11.9 Å². The lowest BCUT2D eigenvalue weighted by atomic mass is 9.81. The molecule has 2 aliphatic rings. The number of aliphatic carboxylic acids is 2. The highest BCUT2D eigenvalue weighted by atomic mass is 16.4. The Morgan fingerprint density at radius 3 is 1.00 bits per heavy atom. The summed E-state index contributed by atoms with van der Waals surface area (Å²) in [5.41, 5.74) is -0.782. The molecule has 0 aromatic heterocycles. The van der Waals surface area contributed by atoms with Gasteiger partial charge in [0, 0.05) is 0 Å². The Balaban J connectivity index is 1.40. The van der Waals surface area contributed by atoms with Crippen LogP contribution in [0.1, 0.15) is 128 Å². The Kier molecular flexibility index (Phi) is 9.81. The van der Waals surface area contributed by atoms with Crippen molar-refractivity contribution in [1.82, 2.24) is 0 Å². The number of hydrogen-bond donors (Lipinski definition) is 2. The maximum atomic E-state index is 11.5. The number of rotatable bonds is 15. The molecule has 0 unspecified atom stereocenters. The van der Waals surface area contributed by atoms with E-state index in [1.165, 1.54) is 51.4 Å². The van der Waals surface area contributed by atoms with Crippen LogP contribution in [0.2, 0.25) is 0 Å². The smallest absolute Gasteiger partial charge is 0.309 e. The summed E-state index contributed by atoms with van der Waals surface area (Å²) in [5, 5.41) is 19.0. The van der Waals surface area contributed by atoms with Gasteiger partial charge in [-0.2, -0.15) is 0 Å². The van der Waals surface area contributed by atoms with Crippen molar-refractivity contribution in [3.05, 3.63) is 0 Å². The van der Waals surface area contributed by atoms with Crippen LogP contribution in [0.15, 0.2) is 0 Å². The average molecular weight is 395 g/mol. The number of unbranched alkanes of at least 4 members (excludes halogenated alkanes) is 9. The van der Waals surface area contributed by atoms with Crippen molar-refractivity contribution in [2.45, 2.75) is 128 Å². The molecule has 28 heavy (non-hydrogen) atoms. The number of carbonyl (C=O) groups is 2. The molecule has 0 bridgehead atoms. The third-order valence-corrected chi connectivity index (χ3v) is 7.59. The topological polar surface area (TPSA) is 74.6 Å². The van der Waals surface area contributed by atoms with Gasteiger partial charge < -0.3 is 10.2 Å². The molecule has 0 spiro atoms. The molecule has 2 aliphatic carbocycles. The van der Waals surface area contributed by atoms with Gasteiger partial charge >= 0.3 is 11.9 Å². The largest absolute Gasteiger partial charge is 0.481 e. The lowest BCUT2D eigenvalue weighted by Crippen LogP contribution is -2.27. The van der Waals surface area contributed by atoms with Crippen LogP contribution in [0.5, 0.6) is 0 Å². The first-order chi connectivity index (χ1) is 13.5. The van der Waals surface area contributed by atoms with Gasteiger partial charge in [0.25, 0.3) is 0 Å². The Hall–Kier alpha value is -1.06. The van der Waals surface area contributed by atoms with Gasteiger partial charge in [0.1, 0.15) is 0 Å². The maximum absolute atomic E-state index is 11.5. The quantitative estimate of drug-likeness (QED) is 0.294. The molecule has 0 heterocycles. The summed E-state index contributed by atoms with van der Waals surface area (Å²) in [4.78, 5) is 23.1. The molecular weight excluding hydrogens is 352 g/mol. The predicted molar refractivity (Wildman–Crippen MR) is 112 cm³/mol. The van der Waals surface area contributed by atoms with Crippen molar-refractivity contribution in [2.75, 3.05) is 0 Å². The van der Waals surface area contributed by atoms with E-state index in [-0.39, 0.29) is 0 Å². The highest BCUT2D eigenvalue weighted by molar-refractivity contribution is 5.75. The molecule has 2 N–H and O–H groups in total. The van der Waals surface area contributed by atoms with Crippen molar-refractivity contribution in [1.29, 1.82) is 0 Å². The molecule has 4 nitrogen and oxygen atoms in total. The summed E-state index contributed by atoms with van der Waals surface area (Å²) >= 11 is 0. The summed E-state index contributed by atoms with van der Waals surface area (Å²) in [7, 11) is 0. The Morgan fingerprint density at radius 1 is 0.500 bits per heavy atom. The van der Waals surface area contributed by atoms with Crippen LogP contribution in [0.25, 0.3) is 0 Å². The molecule has 2 fully saturated rings. The molecule has 0 aliphatic heterocycles. The summed E-state index contributed by atoms with van der Waals surface area (Å²) in [5.74, 6) is -1.13. The van der Waals surface area contributed by atoms with E-state index in [0.717, 1.165) is 77.0 Å². The molecule has 0 saturated heterocycles. The first kappa shape index (κ1) is 23.2. The molecule has 0 aromatic rings. The van der Waals surface area contributed by atoms with Crippen LogP contribution in [-0.2, 0) is 9.59 Å². The number of carboxylic acids is 2. The molecular formula is C24H42O4. The third-order valence-electron chi connectivity index (χ3n) is 7.59. The summed E-state index contributed by atoms with van der Waals surface area (Å²) in [6.45, 7) is 0. The fourth-order valence-corrected chi connectivity index (χ4v) is 5.59. The normalized spacial score (nSPS) is 20.4. The molecule has 0 aromatic carbocycles. The van der Waals surface area contributed by atoms with E-state index in [9.17, 15) is 19.8 Å². The number of carboxylic acid groups (broad SMARTS) is 2. The zero-order valence-corrected chi connectivity index (χ0v) is 17.9. The fraction of sp³-hybridized carbons (Fsp3) is 0.917. The van der Waals surface area contributed by atoms with E-state index >= 15 is 0 Å². The maximum Gasteiger partial charge on any atom is 0.309 e. The van der Waals surface area contributed by atoms with E-state index in [1.54, 1.807) is 0 Å². The van der Waals surface area contributed by atoms with Gasteiger partial charge in [0.2, 0.25) is 0 Å². The predicted octanol–water partition coefficient (Wildman–Crippen LogP) is 6.96.